The van der Waals surface area contributed by atoms with E-state index in [0.717, 1.165) is 6.07 Å². The van der Waals surface area contributed by atoms with Crippen molar-refractivity contribution in [2.45, 2.75) is 295 Å². The van der Waals surface area contributed by atoms with Crippen LogP contribution in [0.2, 0.25) is 10.0 Å². The smallest absolute Gasteiger partial charge is 0.342 e. The van der Waals surface area contributed by atoms with E-state index in [1.807, 2.05) is 0 Å². The van der Waals surface area contributed by atoms with Gasteiger partial charge in [-0.25, -0.2) is 9.59 Å². The van der Waals surface area contributed by atoms with Gasteiger partial charge in [0.1, 0.15) is 132 Å². The summed E-state index contributed by atoms with van der Waals surface area (Å²) >= 11 is 12.8. The number of halogens is 2. The van der Waals surface area contributed by atoms with Crippen LogP contribution in [0, 0.1) is 24.0 Å². The lowest BCUT2D eigenvalue weighted by Gasteiger charge is -2.50. The van der Waals surface area contributed by atoms with Gasteiger partial charge in [-0.2, -0.15) is 0 Å². The Labute approximate surface area is 645 Å². The highest BCUT2D eigenvalue weighted by Crippen LogP contribution is 2.53. The third-order valence-corrected chi connectivity index (χ3v) is 23.3. The highest BCUT2D eigenvalue weighted by atomic mass is 35.5. The predicted molar refractivity (Wildman–Crippen MR) is 363 cm³/mol. The molecule has 11 aliphatic heterocycles. The Balaban J connectivity index is 0.644. The minimum Gasteiger partial charge on any atom is -0.508 e. The van der Waals surface area contributed by atoms with E-state index >= 15 is 0 Å². The van der Waals surface area contributed by atoms with Crippen molar-refractivity contribution in [1.29, 1.82) is 0 Å². The van der Waals surface area contributed by atoms with Crippen LogP contribution in [0.1, 0.15) is 99.6 Å². The molecule has 0 aromatic heterocycles. The van der Waals surface area contributed by atoms with Crippen LogP contribution in [0.15, 0.2) is 12.1 Å². The molecule has 111 heavy (non-hydrogen) atoms. The van der Waals surface area contributed by atoms with Crippen LogP contribution in [0.3, 0.4) is 0 Å². The van der Waals surface area contributed by atoms with Crippen molar-refractivity contribution in [3.8, 4) is 23.0 Å². The second-order valence-electron chi connectivity index (χ2n) is 29.9. The number of esters is 2. The van der Waals surface area contributed by atoms with E-state index in [2.05, 4.69) is 0 Å². The van der Waals surface area contributed by atoms with Crippen LogP contribution in [-0.4, -0.2) is 333 Å². The number of fused-ring (bicyclic) bond motifs is 4. The van der Waals surface area contributed by atoms with Gasteiger partial charge in [0.15, 0.2) is 73.7 Å². The molecule has 2 aromatic carbocycles. The number of rotatable bonds is 21. The highest BCUT2D eigenvalue weighted by Gasteiger charge is 2.70. The highest BCUT2D eigenvalue weighted by molar-refractivity contribution is 6.39. The zero-order valence-corrected chi connectivity index (χ0v) is 64.5. The minimum absolute atomic E-state index is 0.0700. The molecule has 35 atom stereocenters. The standard InChI is InChI=1S/C70H97Cl2NO38/c1-24-15-31(74)16-32(75)40(24)61(82)100-36-22-94-70(60-53(36)92-23-93-60)108-37-21-91-63(46(79)52(37)109-70)106-65-56(89-13)45(78)51(35(101-65)20-86-10)104-64-47(80)55(50(87-11)27(4)97-64)105-66-57(81)68(9)59(30(7)98-66)110-69(111-68)18-33(76)48(28(5)107-69)102-38-17-34(99-39-19-67(8,73(84)85)58(90-14)29(6)96-39)49(26(3)95-38)103-62(83)41-25(2)42(71)44(77)43(72)54(41)88-12/h15-16,26-30,33-39,45-53,55-60,63-66,74-81H,17-23H2,1-14H3/t26-,27-,28-,29+,30-,33-,34-,35-,36-,37+,38+,39-,45+,46-,47-,48-,49-,50+,51-,52-,53+,55-,56+,57-,58+,59-,60-,63+,64+,65+,66+,67+,68-,69-,70-/m1/s1. The van der Waals surface area contributed by atoms with E-state index in [1.54, 1.807) is 34.6 Å². The lowest BCUT2D eigenvalue weighted by atomic mass is 9.85. The van der Waals surface area contributed by atoms with Crippen LogP contribution < -0.4 is 4.74 Å². The molecule has 0 saturated carbocycles. The molecule has 2 spiro atoms. The van der Waals surface area contributed by atoms with E-state index in [4.69, 9.17) is 146 Å². The van der Waals surface area contributed by atoms with Gasteiger partial charge in [0.25, 0.3) is 11.5 Å². The van der Waals surface area contributed by atoms with Gasteiger partial charge in [0, 0.05) is 52.8 Å². The van der Waals surface area contributed by atoms with E-state index < -0.39 is 248 Å². The first-order valence-corrected chi connectivity index (χ1v) is 37.1. The van der Waals surface area contributed by atoms with Crippen LogP contribution in [0.25, 0.3) is 0 Å². The third-order valence-electron chi connectivity index (χ3n) is 22.5. The molecule has 0 amide bonds. The summed E-state index contributed by atoms with van der Waals surface area (Å²) in [5.41, 5.74) is -3.54. The lowest BCUT2D eigenvalue weighted by molar-refractivity contribution is -0.595. The number of hydrogen-bond donors (Lipinski definition) is 8. The predicted octanol–water partition coefficient (Wildman–Crippen LogP) is 1.26. The molecule has 11 heterocycles. The van der Waals surface area contributed by atoms with Crippen molar-refractivity contribution in [3.05, 3.63) is 54.5 Å². The zero-order valence-electron chi connectivity index (χ0n) is 63.0. The summed E-state index contributed by atoms with van der Waals surface area (Å²) in [6.45, 7) is 12.7. The molecule has 0 bridgehead atoms. The molecular formula is C70H97Cl2NO38. The number of carbonyl (C=O) groups is 2. The fraction of sp³-hybridized carbons (Fsp3) is 0.800. The van der Waals surface area contributed by atoms with Crippen molar-refractivity contribution < 1.29 is 179 Å². The molecule has 0 unspecified atom stereocenters. The zero-order chi connectivity index (χ0) is 80.2. The lowest BCUT2D eigenvalue weighted by Crippen LogP contribution is -2.68. The fourth-order valence-corrected chi connectivity index (χ4v) is 17.5. The SMILES string of the molecule is COC[C@H]1O[C@@H](O[C@@H]2OC[C@@H]3O[C@@]4(OC[C@@H](OC(=O)c5c(C)cc(O)cc5O)[C@@H]5OCO[C@H]54)O[C@H]3[C@H]2O)[C@@H](OC)[C@@H](O)[C@@H]1O[C@@H]1O[C@H](C)[C@H](OC)[C@H](O[C@@H]2O[C@H](C)[C@H]3O[C@]4(C[C@@H](O)[C@H](O[C@H]5C[C@@H](O[C@@H]6C[C@](C)([N+](=O)[O-])[C@@H](OC)[C@H](C)O6)[C@H](OC(=O)c6c(C)c(Cl)c(O)c(Cl)c6OC)[C@@H](C)O5)[C@@H](C)O4)O[C@]3(C)[C@@H]2O)[C@H]1O. The summed E-state index contributed by atoms with van der Waals surface area (Å²) in [6.07, 6.45) is -40.9. The average molecular weight is 1630 g/mol. The number of hydrogen-bond acceptors (Lipinski definition) is 38. The number of aromatic hydroxyl groups is 3. The maximum absolute atomic E-state index is 14.3. The van der Waals surface area contributed by atoms with Gasteiger partial charge in [-0.3, -0.25) is 10.1 Å². The Bertz CT molecular complexity index is 3630. The Kier molecular flexibility index (Phi) is 25.1. The van der Waals surface area contributed by atoms with Gasteiger partial charge in [0.05, 0.1) is 81.4 Å². The summed E-state index contributed by atoms with van der Waals surface area (Å²) < 4.78 is 160. The molecule has 11 aliphatic rings. The number of aryl methyl sites for hydroxylation is 1. The number of nitrogens with zero attached hydrogens (tertiary/aromatic N) is 1. The minimum atomic E-state index is -2.06. The first kappa shape index (κ1) is 84.4. The van der Waals surface area contributed by atoms with E-state index in [1.165, 1.54) is 69.3 Å². The number of aliphatic hydroxyl groups is 5. The summed E-state index contributed by atoms with van der Waals surface area (Å²) in [6, 6.07) is 2.28. The second kappa shape index (κ2) is 33.1. The van der Waals surface area contributed by atoms with Crippen molar-refractivity contribution in [3.63, 3.8) is 0 Å². The fourth-order valence-electron chi connectivity index (χ4n) is 17.0. The van der Waals surface area contributed by atoms with Gasteiger partial charge < -0.3 is 164 Å². The van der Waals surface area contributed by atoms with E-state index in [0.29, 0.717) is 0 Å². The van der Waals surface area contributed by atoms with Gasteiger partial charge in [-0.1, -0.05) is 23.2 Å². The maximum Gasteiger partial charge on any atom is 0.342 e. The van der Waals surface area contributed by atoms with Crippen LogP contribution in [-0.2, 0) is 118 Å². The Morgan fingerprint density at radius 1 is 0.613 bits per heavy atom. The average Bonchev–Trinajstić information content (AvgIpc) is 1.58. The molecule has 0 radical (unpaired) electrons. The van der Waals surface area contributed by atoms with E-state index in [-0.39, 0.29) is 83.3 Å². The van der Waals surface area contributed by atoms with E-state index in [9.17, 15) is 60.6 Å². The second-order valence-corrected chi connectivity index (χ2v) is 30.6. The third kappa shape index (κ3) is 15.5. The van der Waals surface area contributed by atoms with Crippen molar-refractivity contribution in [1.82, 2.24) is 0 Å². The molecule has 8 N–H and O–H groups in total. The molecular weight excluding hydrogens is 1530 g/mol. The largest absolute Gasteiger partial charge is 0.508 e. The van der Waals surface area contributed by atoms with Crippen LogP contribution in [0.5, 0.6) is 23.0 Å². The summed E-state index contributed by atoms with van der Waals surface area (Å²) in [5, 5.41) is 104. The quantitative estimate of drug-likeness (QED) is 0.0495. The normalized spacial score (nSPS) is 45.6. The van der Waals surface area contributed by atoms with Crippen molar-refractivity contribution >= 4 is 35.1 Å². The molecule has 11 saturated heterocycles. The summed E-state index contributed by atoms with van der Waals surface area (Å²) in [5.74, 6) is -7.54. The Morgan fingerprint density at radius 2 is 1.31 bits per heavy atom. The van der Waals surface area contributed by atoms with Gasteiger partial charge in [-0.15, -0.1) is 0 Å². The number of benzene rings is 2. The summed E-state index contributed by atoms with van der Waals surface area (Å²) in [7, 11) is 6.53. The topological polar surface area (TPSA) is 479 Å². The van der Waals surface area contributed by atoms with Gasteiger partial charge >= 0.3 is 17.9 Å². The maximum atomic E-state index is 14.3. The monoisotopic (exact) mass is 1630 g/mol. The molecule has 11 fully saturated rings. The Morgan fingerprint density at radius 3 is 1.98 bits per heavy atom. The van der Waals surface area contributed by atoms with Crippen LogP contribution >= 0.6 is 23.2 Å². The number of ether oxygens (including phenoxy) is 26. The Hall–Kier alpha value is -4.56. The molecule has 2 aromatic rings. The molecule has 13 rings (SSSR count). The molecule has 624 valence electrons. The number of carbonyl (C=O) groups excluding carboxylic acids is 2. The first-order chi connectivity index (χ1) is 52.6. The van der Waals surface area contributed by atoms with Crippen molar-refractivity contribution in [2.24, 2.45) is 0 Å². The van der Waals surface area contributed by atoms with Crippen molar-refractivity contribution in [2.75, 3.05) is 62.2 Å². The molecule has 0 aliphatic carbocycles. The number of methoxy groups -OCH3 is 5. The first-order valence-electron chi connectivity index (χ1n) is 36.3. The molecule has 39 nitrogen and oxygen atoms in total. The summed E-state index contributed by atoms with van der Waals surface area (Å²) in [4.78, 5) is 39.8. The number of nitro groups is 1. The van der Waals surface area contributed by atoms with Gasteiger partial charge in [0.2, 0.25) is 0 Å². The number of phenolic OH excluding ortho intramolecular Hbond substituents is 3. The van der Waals surface area contributed by atoms with Gasteiger partial charge in [-0.05, 0) is 72.6 Å². The van der Waals surface area contributed by atoms with Crippen LogP contribution in [0.4, 0.5) is 0 Å². The number of aliphatic hydroxyl groups excluding tert-OH is 5. The molecule has 41 heteroatoms. The number of phenols is 3.